The summed E-state index contributed by atoms with van der Waals surface area (Å²) in [5.74, 6) is 0.0240. The van der Waals surface area contributed by atoms with Crippen molar-refractivity contribution in [2.75, 3.05) is 16.4 Å². The number of hydrogen-bond donors (Lipinski definition) is 3. The van der Waals surface area contributed by atoms with Gasteiger partial charge in [-0.05, 0) is 30.3 Å². The van der Waals surface area contributed by atoms with Gasteiger partial charge in [-0.3, -0.25) is 14.3 Å². The van der Waals surface area contributed by atoms with Gasteiger partial charge in [-0.25, -0.2) is 0 Å². The molecule has 0 unspecified atom stereocenters. The van der Waals surface area contributed by atoms with E-state index in [0.717, 1.165) is 0 Å². The van der Waals surface area contributed by atoms with Crippen LogP contribution in [0.5, 0.6) is 0 Å². The third kappa shape index (κ3) is 3.84. The van der Waals surface area contributed by atoms with Crippen LogP contribution in [0.25, 0.3) is 0 Å². The minimum atomic E-state index is -0.208. The van der Waals surface area contributed by atoms with Crippen molar-refractivity contribution in [3.63, 3.8) is 0 Å². The molecule has 0 radical (unpaired) electrons. The lowest BCUT2D eigenvalue weighted by atomic mass is 10.2. The second-order valence-electron chi connectivity index (χ2n) is 4.24. The zero-order valence-electron chi connectivity index (χ0n) is 11.0. The largest absolute Gasteiger partial charge is 0.382 e. The van der Waals surface area contributed by atoms with E-state index in [9.17, 15) is 9.59 Å². The van der Waals surface area contributed by atoms with Crippen molar-refractivity contribution >= 4 is 29.0 Å². The van der Waals surface area contributed by atoms with Gasteiger partial charge in [0.25, 0.3) is 0 Å². The van der Waals surface area contributed by atoms with Crippen LogP contribution in [-0.2, 0) is 16.1 Å². The molecule has 0 spiro atoms. The highest BCUT2D eigenvalue weighted by Crippen LogP contribution is 2.13. The summed E-state index contributed by atoms with van der Waals surface area (Å²) in [6, 6.07) is 8.46. The van der Waals surface area contributed by atoms with E-state index < -0.39 is 0 Å². The number of nitrogen functional groups attached to an aromatic ring is 1. The Bertz CT molecular complexity index is 618. The van der Waals surface area contributed by atoms with Gasteiger partial charge in [0, 0.05) is 24.5 Å². The Morgan fingerprint density at radius 1 is 1.15 bits per heavy atom. The molecule has 0 aliphatic rings. The van der Waals surface area contributed by atoms with Crippen LogP contribution in [-0.4, -0.2) is 21.6 Å². The third-order valence-electron chi connectivity index (χ3n) is 2.46. The molecule has 2 aromatic rings. The van der Waals surface area contributed by atoms with Crippen LogP contribution in [0, 0.1) is 0 Å². The van der Waals surface area contributed by atoms with Crippen LogP contribution in [0.4, 0.5) is 17.2 Å². The quantitative estimate of drug-likeness (QED) is 0.775. The molecule has 2 amide bonds. The number of carbonyl (C=O) groups excluding carboxylic acids is 2. The Labute approximate surface area is 115 Å². The number of anilines is 3. The number of nitrogens with zero attached hydrogens (tertiary/aromatic N) is 2. The molecule has 4 N–H and O–H groups in total. The van der Waals surface area contributed by atoms with Gasteiger partial charge < -0.3 is 16.4 Å². The van der Waals surface area contributed by atoms with Gasteiger partial charge in [-0.2, -0.15) is 5.10 Å². The Kier molecular flexibility index (Phi) is 3.99. The molecule has 0 saturated carbocycles. The molecule has 1 heterocycles. The monoisotopic (exact) mass is 273 g/mol. The average Bonchev–Trinajstić information content (AvgIpc) is 2.76. The highest BCUT2D eigenvalue weighted by molar-refractivity contribution is 5.92. The fourth-order valence-electron chi connectivity index (χ4n) is 1.65. The van der Waals surface area contributed by atoms with Crippen LogP contribution in [0.2, 0.25) is 0 Å². The summed E-state index contributed by atoms with van der Waals surface area (Å²) < 4.78 is 1.45. The molecule has 104 valence electrons. The fourth-order valence-corrected chi connectivity index (χ4v) is 1.65. The number of nitrogens with two attached hydrogens (primary N) is 1. The van der Waals surface area contributed by atoms with Crippen LogP contribution in [0.15, 0.2) is 36.5 Å². The molecular weight excluding hydrogens is 258 g/mol. The van der Waals surface area contributed by atoms with Crippen molar-refractivity contribution in [1.29, 1.82) is 0 Å². The van der Waals surface area contributed by atoms with Crippen LogP contribution >= 0.6 is 0 Å². The van der Waals surface area contributed by atoms with Gasteiger partial charge >= 0.3 is 0 Å². The zero-order valence-corrected chi connectivity index (χ0v) is 11.0. The molecule has 7 heteroatoms. The van der Waals surface area contributed by atoms with Crippen molar-refractivity contribution in [2.24, 2.45) is 0 Å². The minimum Gasteiger partial charge on any atom is -0.382 e. The van der Waals surface area contributed by atoms with Gasteiger partial charge in [-0.15, -0.1) is 0 Å². The summed E-state index contributed by atoms with van der Waals surface area (Å²) in [6.07, 6.45) is 1.63. The molecule has 7 nitrogen and oxygen atoms in total. The first-order chi connectivity index (χ1) is 9.52. The van der Waals surface area contributed by atoms with Crippen LogP contribution < -0.4 is 16.4 Å². The molecule has 0 aliphatic heterocycles. The summed E-state index contributed by atoms with van der Waals surface area (Å²) in [5, 5.41) is 9.30. The van der Waals surface area contributed by atoms with E-state index in [1.807, 2.05) is 0 Å². The Hall–Kier alpha value is -2.83. The second kappa shape index (κ2) is 5.87. The van der Waals surface area contributed by atoms with Crippen molar-refractivity contribution < 1.29 is 9.59 Å². The third-order valence-corrected chi connectivity index (χ3v) is 2.46. The molecular formula is C13H15N5O2. The highest BCUT2D eigenvalue weighted by Gasteiger charge is 2.05. The molecule has 0 fully saturated rings. The highest BCUT2D eigenvalue weighted by atomic mass is 16.2. The fraction of sp³-hybridized carbons (Fsp3) is 0.154. The second-order valence-corrected chi connectivity index (χ2v) is 4.24. The van der Waals surface area contributed by atoms with Crippen LogP contribution in [0.1, 0.15) is 6.92 Å². The zero-order chi connectivity index (χ0) is 14.5. The average molecular weight is 273 g/mol. The van der Waals surface area contributed by atoms with E-state index in [4.69, 9.17) is 5.73 Å². The summed E-state index contributed by atoms with van der Waals surface area (Å²) in [6.45, 7) is 1.52. The van der Waals surface area contributed by atoms with Gasteiger partial charge in [0.15, 0.2) is 0 Å². The molecule has 0 aliphatic carbocycles. The molecule has 20 heavy (non-hydrogen) atoms. The number of nitrogens with one attached hydrogen (secondary N) is 2. The summed E-state index contributed by atoms with van der Waals surface area (Å²) in [4.78, 5) is 22.7. The number of aromatic nitrogens is 2. The summed E-state index contributed by atoms with van der Waals surface area (Å²) in [7, 11) is 0. The molecule has 1 aromatic carbocycles. The molecule has 0 atom stereocenters. The first kappa shape index (κ1) is 13.6. The lowest BCUT2D eigenvalue weighted by Gasteiger charge is -2.07. The van der Waals surface area contributed by atoms with Gasteiger partial charge in [-0.1, -0.05) is 0 Å². The number of rotatable bonds is 4. The van der Waals surface area contributed by atoms with E-state index in [1.54, 1.807) is 36.5 Å². The van der Waals surface area contributed by atoms with Crippen molar-refractivity contribution in [3.8, 4) is 0 Å². The number of amides is 2. The minimum absolute atomic E-state index is 0.0879. The van der Waals surface area contributed by atoms with Crippen molar-refractivity contribution in [3.05, 3.63) is 36.5 Å². The maximum atomic E-state index is 11.8. The van der Waals surface area contributed by atoms with Crippen molar-refractivity contribution in [2.45, 2.75) is 13.5 Å². The Morgan fingerprint density at radius 3 is 2.25 bits per heavy atom. The van der Waals surface area contributed by atoms with E-state index in [-0.39, 0.29) is 18.4 Å². The summed E-state index contributed by atoms with van der Waals surface area (Å²) in [5.41, 5.74) is 6.78. The Morgan fingerprint density at radius 2 is 1.75 bits per heavy atom. The normalized spacial score (nSPS) is 10.1. The first-order valence-electron chi connectivity index (χ1n) is 5.99. The predicted molar refractivity (Wildman–Crippen MR) is 76.0 cm³/mol. The van der Waals surface area contributed by atoms with E-state index >= 15 is 0 Å². The topological polar surface area (TPSA) is 102 Å². The first-order valence-corrected chi connectivity index (χ1v) is 5.99. The predicted octanol–water partition coefficient (Wildman–Crippen LogP) is 1.06. The number of carbonyl (C=O) groups is 2. The van der Waals surface area contributed by atoms with E-state index in [1.165, 1.54) is 11.6 Å². The lowest BCUT2D eigenvalue weighted by molar-refractivity contribution is -0.117. The molecule has 2 rings (SSSR count). The Balaban J connectivity index is 1.92. The standard InChI is InChI=1S/C13H15N5O2/c1-9(19)15-10-2-4-11(5-3-10)16-13(20)8-18-7-6-12(14)17-18/h2-7H,8H2,1H3,(H2,14,17)(H,15,19)(H,16,20). The maximum Gasteiger partial charge on any atom is 0.246 e. The SMILES string of the molecule is CC(=O)Nc1ccc(NC(=O)Cn2ccc(N)n2)cc1. The van der Waals surface area contributed by atoms with Gasteiger partial charge in [0.1, 0.15) is 12.4 Å². The van der Waals surface area contributed by atoms with E-state index in [2.05, 4.69) is 15.7 Å². The molecule has 0 saturated heterocycles. The number of hydrogen-bond acceptors (Lipinski definition) is 4. The van der Waals surface area contributed by atoms with Crippen LogP contribution in [0.3, 0.4) is 0 Å². The summed E-state index contributed by atoms with van der Waals surface area (Å²) >= 11 is 0. The maximum absolute atomic E-state index is 11.8. The lowest BCUT2D eigenvalue weighted by Crippen LogP contribution is -2.19. The smallest absolute Gasteiger partial charge is 0.246 e. The van der Waals surface area contributed by atoms with Gasteiger partial charge in [0.2, 0.25) is 11.8 Å². The molecule has 0 bridgehead atoms. The van der Waals surface area contributed by atoms with E-state index in [0.29, 0.717) is 17.2 Å². The van der Waals surface area contributed by atoms with Crippen molar-refractivity contribution in [1.82, 2.24) is 9.78 Å². The van der Waals surface area contributed by atoms with Gasteiger partial charge in [0.05, 0.1) is 0 Å². The number of benzene rings is 1. The molecule has 1 aromatic heterocycles.